The second kappa shape index (κ2) is 9.76. The van der Waals surface area contributed by atoms with Crippen molar-refractivity contribution in [1.29, 1.82) is 0 Å². The van der Waals surface area contributed by atoms with Crippen molar-refractivity contribution in [3.8, 4) is 11.1 Å². The van der Waals surface area contributed by atoms with Crippen LogP contribution in [0.3, 0.4) is 0 Å². The smallest absolute Gasteiger partial charge is 0.335 e. The van der Waals surface area contributed by atoms with Crippen molar-refractivity contribution in [2.24, 2.45) is 0 Å². The topological polar surface area (TPSA) is 84.2 Å². The molecule has 0 aromatic heterocycles. The molecule has 1 heterocycles. The lowest BCUT2D eigenvalue weighted by Gasteiger charge is -2.43. The standard InChI is InChI=1S/C26H29FN2O4S/c1-3-4-11-21-17-29(20-12-6-5-7-13-20)24-16-23(27)22(15-25(24)34(32,33)28(21)2)18-9-8-10-19(14-18)26(30)31/h5-10,12-16,21,32-33H,3-4,11,17H2,1-2H3,(H,30,31). The number of halogens is 1. The van der Waals surface area contributed by atoms with E-state index in [4.69, 9.17) is 0 Å². The van der Waals surface area contributed by atoms with Gasteiger partial charge in [0, 0.05) is 37.0 Å². The lowest BCUT2D eigenvalue weighted by Crippen LogP contribution is -2.39. The maximum atomic E-state index is 15.5. The number of carboxylic acid groups (broad SMARTS) is 1. The second-order valence-corrected chi connectivity index (χ2v) is 10.5. The summed E-state index contributed by atoms with van der Waals surface area (Å²) in [5.41, 5.74) is 1.73. The lowest BCUT2D eigenvalue weighted by molar-refractivity contribution is 0.0697. The monoisotopic (exact) mass is 484 g/mol. The number of nitrogens with zero attached hydrogens (tertiary/aromatic N) is 2. The minimum atomic E-state index is -3.44. The van der Waals surface area contributed by atoms with Crippen LogP contribution in [0.2, 0.25) is 0 Å². The largest absolute Gasteiger partial charge is 0.478 e. The number of carboxylic acids is 1. The Hall–Kier alpha value is -2.91. The van der Waals surface area contributed by atoms with E-state index in [0.29, 0.717) is 17.8 Å². The first-order valence-electron chi connectivity index (χ1n) is 11.2. The fraction of sp³-hybridized carbons (Fsp3) is 0.269. The molecule has 8 heteroatoms. The summed E-state index contributed by atoms with van der Waals surface area (Å²) in [6, 6.07) is 18.1. The summed E-state index contributed by atoms with van der Waals surface area (Å²) in [4.78, 5) is 13.6. The summed E-state index contributed by atoms with van der Waals surface area (Å²) in [6.45, 7) is 2.56. The molecule has 3 aromatic rings. The van der Waals surface area contributed by atoms with E-state index in [-0.39, 0.29) is 22.1 Å². The zero-order chi connectivity index (χ0) is 24.5. The number of benzene rings is 3. The number of hydrogen-bond donors (Lipinski definition) is 3. The van der Waals surface area contributed by atoms with Crippen LogP contribution in [0.15, 0.2) is 71.6 Å². The third-order valence-electron chi connectivity index (χ3n) is 6.32. The second-order valence-electron chi connectivity index (χ2n) is 8.49. The van der Waals surface area contributed by atoms with E-state index < -0.39 is 22.6 Å². The Morgan fingerprint density at radius 3 is 2.50 bits per heavy atom. The first-order valence-corrected chi connectivity index (χ1v) is 12.8. The molecule has 3 aromatic carbocycles. The minimum absolute atomic E-state index is 0.0288. The fourth-order valence-electron chi connectivity index (χ4n) is 4.37. The number of anilines is 2. The van der Waals surface area contributed by atoms with Gasteiger partial charge in [0.1, 0.15) is 5.82 Å². The molecular formula is C26H29FN2O4S. The number of hydrogen-bond acceptors (Lipinski definition) is 5. The van der Waals surface area contributed by atoms with Crippen LogP contribution < -0.4 is 4.90 Å². The summed E-state index contributed by atoms with van der Waals surface area (Å²) in [7, 11) is -1.75. The Morgan fingerprint density at radius 1 is 1.09 bits per heavy atom. The van der Waals surface area contributed by atoms with E-state index in [0.717, 1.165) is 24.9 Å². The minimum Gasteiger partial charge on any atom is -0.478 e. The number of rotatable bonds is 6. The van der Waals surface area contributed by atoms with Crippen molar-refractivity contribution in [2.75, 3.05) is 18.5 Å². The van der Waals surface area contributed by atoms with Gasteiger partial charge in [-0.15, -0.1) is 10.8 Å². The van der Waals surface area contributed by atoms with Crippen LogP contribution in [-0.4, -0.2) is 44.1 Å². The Bertz CT molecular complexity index is 1190. The summed E-state index contributed by atoms with van der Waals surface area (Å²) in [6.07, 6.45) is 2.65. The molecule has 1 atom stereocenters. The van der Waals surface area contributed by atoms with Crippen molar-refractivity contribution in [2.45, 2.75) is 37.1 Å². The molecule has 0 spiro atoms. The zero-order valence-electron chi connectivity index (χ0n) is 19.2. The Morgan fingerprint density at radius 2 is 1.82 bits per heavy atom. The van der Waals surface area contributed by atoms with E-state index in [9.17, 15) is 19.0 Å². The number of unbranched alkanes of at least 4 members (excludes halogenated alkanes) is 1. The zero-order valence-corrected chi connectivity index (χ0v) is 20.0. The molecule has 0 saturated carbocycles. The molecule has 0 saturated heterocycles. The van der Waals surface area contributed by atoms with Gasteiger partial charge in [0.2, 0.25) is 0 Å². The van der Waals surface area contributed by atoms with E-state index >= 15 is 4.39 Å². The molecule has 1 aliphatic rings. The van der Waals surface area contributed by atoms with Crippen molar-refractivity contribution in [3.63, 3.8) is 0 Å². The van der Waals surface area contributed by atoms with Crippen LogP contribution in [0, 0.1) is 5.82 Å². The van der Waals surface area contributed by atoms with Gasteiger partial charge in [-0.3, -0.25) is 9.11 Å². The summed E-state index contributed by atoms with van der Waals surface area (Å²) in [5, 5.41) is 9.35. The van der Waals surface area contributed by atoms with Crippen molar-refractivity contribution in [3.05, 3.63) is 78.1 Å². The Balaban J connectivity index is 1.92. The highest BCUT2D eigenvalue weighted by molar-refractivity contribution is 8.22. The fourth-order valence-corrected chi connectivity index (χ4v) is 5.99. The van der Waals surface area contributed by atoms with Gasteiger partial charge in [0.05, 0.1) is 16.1 Å². The van der Waals surface area contributed by atoms with Crippen molar-refractivity contribution in [1.82, 2.24) is 4.31 Å². The van der Waals surface area contributed by atoms with Crippen LogP contribution in [-0.2, 0) is 0 Å². The molecule has 1 unspecified atom stereocenters. The predicted molar refractivity (Wildman–Crippen MR) is 134 cm³/mol. The molecule has 180 valence electrons. The van der Waals surface area contributed by atoms with Gasteiger partial charge < -0.3 is 10.0 Å². The van der Waals surface area contributed by atoms with Gasteiger partial charge in [-0.05, 0) is 42.3 Å². The van der Waals surface area contributed by atoms with E-state index in [2.05, 4.69) is 6.92 Å². The predicted octanol–water partition coefficient (Wildman–Crippen LogP) is 6.86. The number of aromatic carboxylic acids is 1. The quantitative estimate of drug-likeness (QED) is 0.355. The molecule has 0 radical (unpaired) electrons. The molecule has 0 fully saturated rings. The molecule has 6 nitrogen and oxygen atoms in total. The van der Waals surface area contributed by atoms with Crippen LogP contribution in [0.1, 0.15) is 36.5 Å². The highest BCUT2D eigenvalue weighted by Crippen LogP contribution is 2.59. The third kappa shape index (κ3) is 4.54. The van der Waals surface area contributed by atoms with Crippen molar-refractivity contribution < 1.29 is 23.4 Å². The van der Waals surface area contributed by atoms with Gasteiger partial charge >= 0.3 is 5.97 Å². The molecule has 4 rings (SSSR count). The number of para-hydroxylation sites is 1. The van der Waals surface area contributed by atoms with E-state index in [1.54, 1.807) is 23.5 Å². The highest BCUT2D eigenvalue weighted by atomic mass is 32.3. The lowest BCUT2D eigenvalue weighted by atomic mass is 10.0. The highest BCUT2D eigenvalue weighted by Gasteiger charge is 2.37. The number of likely N-dealkylation sites (N-methyl/N-ethyl adjacent to an activating group) is 1. The maximum absolute atomic E-state index is 15.5. The maximum Gasteiger partial charge on any atom is 0.335 e. The van der Waals surface area contributed by atoms with Gasteiger partial charge in [0.25, 0.3) is 0 Å². The average Bonchev–Trinajstić information content (AvgIpc) is 2.91. The van der Waals surface area contributed by atoms with E-state index in [1.807, 2.05) is 35.2 Å². The SMILES string of the molecule is CCCCC1CN(c2ccccc2)c2cc(F)c(-c3cccc(C(=O)O)c3)cc2S(O)(O)N1C. The Kier molecular flexibility index (Phi) is 6.95. The molecule has 3 N–H and O–H groups in total. The molecule has 0 amide bonds. The molecular weight excluding hydrogens is 455 g/mol. The van der Waals surface area contributed by atoms with Crippen LogP contribution in [0.25, 0.3) is 11.1 Å². The van der Waals surface area contributed by atoms with Crippen LogP contribution >= 0.6 is 10.8 Å². The summed E-state index contributed by atoms with van der Waals surface area (Å²) < 4.78 is 40.0. The summed E-state index contributed by atoms with van der Waals surface area (Å²) >= 11 is 0. The number of fused-ring (bicyclic) bond motifs is 1. The van der Waals surface area contributed by atoms with Crippen LogP contribution in [0.5, 0.6) is 0 Å². The van der Waals surface area contributed by atoms with Crippen molar-refractivity contribution >= 4 is 28.1 Å². The van der Waals surface area contributed by atoms with E-state index in [1.165, 1.54) is 24.3 Å². The molecule has 0 aliphatic carbocycles. The number of carbonyl (C=O) groups is 1. The molecule has 1 aliphatic heterocycles. The average molecular weight is 485 g/mol. The summed E-state index contributed by atoms with van der Waals surface area (Å²) in [5.74, 6) is -1.68. The molecule has 0 bridgehead atoms. The van der Waals surface area contributed by atoms with Gasteiger partial charge in [-0.1, -0.05) is 50.1 Å². The Labute approximate surface area is 200 Å². The van der Waals surface area contributed by atoms with Gasteiger partial charge in [0.15, 0.2) is 0 Å². The van der Waals surface area contributed by atoms with Gasteiger partial charge in [-0.2, -0.15) is 0 Å². The molecule has 34 heavy (non-hydrogen) atoms. The van der Waals surface area contributed by atoms with Gasteiger partial charge in [-0.25, -0.2) is 13.5 Å². The van der Waals surface area contributed by atoms with Crippen LogP contribution in [0.4, 0.5) is 15.8 Å². The first-order chi connectivity index (χ1) is 16.2. The first kappa shape index (κ1) is 24.2. The normalized spacial score (nSPS) is 18.7. The third-order valence-corrected chi connectivity index (χ3v) is 8.34.